The van der Waals surface area contributed by atoms with Gasteiger partial charge in [0.1, 0.15) is 5.54 Å². The Morgan fingerprint density at radius 1 is 1.27 bits per heavy atom. The topological polar surface area (TPSA) is 122 Å². The third kappa shape index (κ3) is 4.96. The molecule has 7 nitrogen and oxygen atoms in total. The summed E-state index contributed by atoms with van der Waals surface area (Å²) >= 11 is 0. The fourth-order valence-electron chi connectivity index (χ4n) is 0.697. The first-order valence-electron chi connectivity index (χ1n) is 4.30. The Kier molecular flexibility index (Phi) is 4.72. The zero-order chi connectivity index (χ0) is 12.1. The van der Waals surface area contributed by atoms with Crippen LogP contribution < -0.4 is 16.4 Å². The molecule has 0 radical (unpaired) electrons. The van der Waals surface area contributed by atoms with Crippen LogP contribution in [0.4, 0.5) is 0 Å². The third-order valence-electron chi connectivity index (χ3n) is 1.62. The lowest BCUT2D eigenvalue weighted by Crippen LogP contribution is -2.52. The predicted molar refractivity (Wildman–Crippen MR) is 51.9 cm³/mol. The van der Waals surface area contributed by atoms with Gasteiger partial charge < -0.3 is 21.5 Å². The van der Waals surface area contributed by atoms with Crippen molar-refractivity contribution < 1.29 is 19.5 Å². The summed E-state index contributed by atoms with van der Waals surface area (Å²) in [6, 6.07) is 0. The van der Waals surface area contributed by atoms with Gasteiger partial charge in [0.15, 0.2) is 0 Å². The third-order valence-corrected chi connectivity index (χ3v) is 1.62. The van der Waals surface area contributed by atoms with Gasteiger partial charge in [-0.15, -0.1) is 0 Å². The fourth-order valence-corrected chi connectivity index (χ4v) is 0.697. The van der Waals surface area contributed by atoms with E-state index in [1.165, 1.54) is 13.8 Å². The van der Waals surface area contributed by atoms with Gasteiger partial charge in [0, 0.05) is 0 Å². The lowest BCUT2D eigenvalue weighted by atomic mass is 10.1. The van der Waals surface area contributed by atoms with Gasteiger partial charge in [-0.25, -0.2) is 4.79 Å². The van der Waals surface area contributed by atoms with Gasteiger partial charge in [-0.2, -0.15) is 0 Å². The maximum absolute atomic E-state index is 11.2. The molecule has 0 heterocycles. The molecule has 0 fully saturated rings. The van der Waals surface area contributed by atoms with E-state index >= 15 is 0 Å². The van der Waals surface area contributed by atoms with Crippen LogP contribution >= 0.6 is 0 Å². The van der Waals surface area contributed by atoms with Crippen molar-refractivity contribution in [2.45, 2.75) is 19.4 Å². The lowest BCUT2D eigenvalue weighted by Gasteiger charge is -2.20. The first-order chi connectivity index (χ1) is 6.79. The second-order valence-electron chi connectivity index (χ2n) is 3.46. The van der Waals surface area contributed by atoms with Crippen LogP contribution in [0.15, 0.2) is 0 Å². The van der Waals surface area contributed by atoms with Gasteiger partial charge in [-0.1, -0.05) is 0 Å². The van der Waals surface area contributed by atoms with Gasteiger partial charge in [0.25, 0.3) is 0 Å². The van der Waals surface area contributed by atoms with E-state index in [2.05, 4.69) is 10.6 Å². The molecule has 0 aromatic rings. The van der Waals surface area contributed by atoms with Crippen molar-refractivity contribution in [3.8, 4) is 0 Å². The summed E-state index contributed by atoms with van der Waals surface area (Å²) in [7, 11) is 0. The number of carboxylic acids is 1. The predicted octanol–water partition coefficient (Wildman–Crippen LogP) is -1.96. The molecule has 0 atom stereocenters. The average Bonchev–Trinajstić information content (AvgIpc) is 2.13. The Morgan fingerprint density at radius 3 is 2.20 bits per heavy atom. The molecule has 0 saturated heterocycles. The minimum absolute atomic E-state index is 0.213. The summed E-state index contributed by atoms with van der Waals surface area (Å²) in [4.78, 5) is 32.5. The molecule has 0 aliphatic heterocycles. The second kappa shape index (κ2) is 5.30. The quantitative estimate of drug-likeness (QED) is 0.426. The fraction of sp³-hybridized carbons (Fsp3) is 0.625. The molecule has 0 aliphatic carbocycles. The van der Waals surface area contributed by atoms with Crippen molar-refractivity contribution in [2.75, 3.05) is 13.1 Å². The van der Waals surface area contributed by atoms with Gasteiger partial charge >= 0.3 is 5.97 Å². The molecule has 5 N–H and O–H groups in total. The summed E-state index contributed by atoms with van der Waals surface area (Å²) in [5.74, 6) is -2.21. The minimum atomic E-state index is -1.36. The molecular formula is C8H15N3O4. The largest absolute Gasteiger partial charge is 0.480 e. The van der Waals surface area contributed by atoms with Crippen molar-refractivity contribution in [1.29, 1.82) is 0 Å². The maximum atomic E-state index is 11.2. The SMILES string of the molecule is CC(C)(NC(=O)CNC(=O)CN)C(=O)O. The Morgan fingerprint density at radius 2 is 1.80 bits per heavy atom. The highest BCUT2D eigenvalue weighted by atomic mass is 16.4. The van der Waals surface area contributed by atoms with Crippen molar-refractivity contribution in [1.82, 2.24) is 10.6 Å². The number of hydrogen-bond donors (Lipinski definition) is 4. The Balaban J connectivity index is 4.04. The van der Waals surface area contributed by atoms with Crippen molar-refractivity contribution in [3.05, 3.63) is 0 Å². The van der Waals surface area contributed by atoms with Crippen LogP contribution in [-0.2, 0) is 14.4 Å². The number of rotatable bonds is 5. The summed E-state index contributed by atoms with van der Waals surface area (Å²) in [6.07, 6.45) is 0. The minimum Gasteiger partial charge on any atom is -0.480 e. The molecule has 86 valence electrons. The number of carbonyl (C=O) groups is 3. The molecule has 2 amide bonds. The van der Waals surface area contributed by atoms with Gasteiger partial charge in [-0.05, 0) is 13.8 Å². The van der Waals surface area contributed by atoms with E-state index in [9.17, 15) is 14.4 Å². The van der Waals surface area contributed by atoms with E-state index in [-0.39, 0.29) is 13.1 Å². The first-order valence-corrected chi connectivity index (χ1v) is 4.30. The maximum Gasteiger partial charge on any atom is 0.328 e. The molecular weight excluding hydrogens is 202 g/mol. The van der Waals surface area contributed by atoms with Crippen LogP contribution in [0.25, 0.3) is 0 Å². The van der Waals surface area contributed by atoms with Crippen LogP contribution in [-0.4, -0.2) is 41.5 Å². The van der Waals surface area contributed by atoms with E-state index in [0.717, 1.165) is 0 Å². The van der Waals surface area contributed by atoms with E-state index < -0.39 is 23.3 Å². The monoisotopic (exact) mass is 217 g/mol. The summed E-state index contributed by atoms with van der Waals surface area (Å²) in [5.41, 5.74) is 3.64. The van der Waals surface area contributed by atoms with Crippen molar-refractivity contribution >= 4 is 17.8 Å². The molecule has 0 bridgehead atoms. The zero-order valence-electron chi connectivity index (χ0n) is 8.66. The Labute approximate surface area is 87.0 Å². The van der Waals surface area contributed by atoms with E-state index in [0.29, 0.717) is 0 Å². The van der Waals surface area contributed by atoms with Crippen LogP contribution in [0.5, 0.6) is 0 Å². The van der Waals surface area contributed by atoms with Crippen LogP contribution in [0.1, 0.15) is 13.8 Å². The molecule has 0 saturated carbocycles. The normalized spacial score (nSPS) is 10.6. The van der Waals surface area contributed by atoms with E-state index in [1.54, 1.807) is 0 Å². The summed E-state index contributed by atoms with van der Waals surface area (Å²) in [6.45, 7) is 2.19. The highest BCUT2D eigenvalue weighted by Gasteiger charge is 2.28. The summed E-state index contributed by atoms with van der Waals surface area (Å²) < 4.78 is 0. The number of amides is 2. The number of nitrogens with two attached hydrogens (primary N) is 1. The van der Waals surface area contributed by atoms with Crippen LogP contribution in [0, 0.1) is 0 Å². The number of aliphatic carboxylic acids is 1. The Hall–Kier alpha value is -1.63. The highest BCUT2D eigenvalue weighted by Crippen LogP contribution is 2.00. The van der Waals surface area contributed by atoms with E-state index in [1.807, 2.05) is 0 Å². The lowest BCUT2D eigenvalue weighted by molar-refractivity contribution is -0.145. The van der Waals surface area contributed by atoms with Gasteiger partial charge in [-0.3, -0.25) is 9.59 Å². The Bertz CT molecular complexity index is 275. The molecule has 0 aliphatic rings. The number of nitrogens with one attached hydrogen (secondary N) is 2. The molecule has 0 aromatic carbocycles. The average molecular weight is 217 g/mol. The summed E-state index contributed by atoms with van der Waals surface area (Å²) in [5, 5.41) is 13.2. The van der Waals surface area contributed by atoms with Gasteiger partial charge in [0.2, 0.25) is 11.8 Å². The van der Waals surface area contributed by atoms with E-state index in [4.69, 9.17) is 10.8 Å². The number of hydrogen-bond acceptors (Lipinski definition) is 4. The molecule has 15 heavy (non-hydrogen) atoms. The first kappa shape index (κ1) is 13.4. The zero-order valence-corrected chi connectivity index (χ0v) is 8.66. The molecule has 0 aromatic heterocycles. The molecule has 0 rings (SSSR count). The molecule has 0 unspecified atom stereocenters. The highest BCUT2D eigenvalue weighted by molar-refractivity contribution is 5.89. The van der Waals surface area contributed by atoms with Crippen LogP contribution in [0.3, 0.4) is 0 Å². The van der Waals surface area contributed by atoms with Crippen LogP contribution in [0.2, 0.25) is 0 Å². The van der Waals surface area contributed by atoms with Crippen molar-refractivity contribution in [3.63, 3.8) is 0 Å². The smallest absolute Gasteiger partial charge is 0.328 e. The van der Waals surface area contributed by atoms with Crippen molar-refractivity contribution in [2.24, 2.45) is 5.73 Å². The second-order valence-corrected chi connectivity index (χ2v) is 3.46. The molecule has 7 heteroatoms. The number of carboxylic acid groups (broad SMARTS) is 1. The molecule has 0 spiro atoms. The number of carbonyl (C=O) groups excluding carboxylic acids is 2. The van der Waals surface area contributed by atoms with Gasteiger partial charge in [0.05, 0.1) is 13.1 Å². The standard InChI is InChI=1S/C8H15N3O4/c1-8(2,7(14)15)11-6(13)4-10-5(12)3-9/h3-4,9H2,1-2H3,(H,10,12)(H,11,13)(H,14,15).